The first-order chi connectivity index (χ1) is 18.0. The van der Waals surface area contributed by atoms with E-state index in [0.717, 1.165) is 87.1 Å². The Bertz CT molecular complexity index is 1630. The number of nitrogens with one attached hydrogen (secondary N) is 3. The van der Waals surface area contributed by atoms with Crippen LogP contribution in [0, 0.1) is 0 Å². The van der Waals surface area contributed by atoms with Gasteiger partial charge in [0.2, 0.25) is 0 Å². The number of aryl methyl sites for hydroxylation is 1. The van der Waals surface area contributed by atoms with Crippen molar-refractivity contribution in [2.75, 3.05) is 26.0 Å². The number of H-pyrrole nitrogens is 2. The van der Waals surface area contributed by atoms with E-state index in [1.54, 1.807) is 12.4 Å². The van der Waals surface area contributed by atoms with Crippen LogP contribution in [0.5, 0.6) is 0 Å². The fourth-order valence-corrected chi connectivity index (χ4v) is 4.66. The van der Waals surface area contributed by atoms with Crippen molar-refractivity contribution in [3.63, 3.8) is 0 Å². The zero-order valence-electron chi connectivity index (χ0n) is 20.8. The molecule has 37 heavy (non-hydrogen) atoms. The number of hydrogen-bond acceptors (Lipinski definition) is 7. The molecule has 0 fully saturated rings. The average Bonchev–Trinajstić information content (AvgIpc) is 3.52. The quantitative estimate of drug-likeness (QED) is 0.305. The Balaban J connectivity index is 1.34. The molecule has 0 amide bonds. The highest BCUT2D eigenvalue weighted by Gasteiger charge is 2.22. The van der Waals surface area contributed by atoms with Crippen molar-refractivity contribution in [1.82, 2.24) is 40.0 Å². The smallest absolute Gasteiger partial charge is 0.159 e. The second-order valence-corrected chi connectivity index (χ2v) is 9.40. The number of aromatic amines is 2. The summed E-state index contributed by atoms with van der Waals surface area (Å²) < 4.78 is 0. The number of likely N-dealkylation sites (N-methyl/N-ethyl adjacent to an activating group) is 1. The lowest BCUT2D eigenvalue weighted by Crippen LogP contribution is -2.18. The summed E-state index contributed by atoms with van der Waals surface area (Å²) in [5.74, 6) is 0.727. The summed E-state index contributed by atoms with van der Waals surface area (Å²) in [7, 11) is 4.02. The van der Waals surface area contributed by atoms with Gasteiger partial charge in [-0.25, -0.2) is 4.98 Å². The van der Waals surface area contributed by atoms with Gasteiger partial charge in [0.1, 0.15) is 5.69 Å². The Labute approximate surface area is 214 Å². The van der Waals surface area contributed by atoms with Crippen LogP contribution in [-0.4, -0.2) is 60.7 Å². The first-order valence-corrected chi connectivity index (χ1v) is 12.2. The summed E-state index contributed by atoms with van der Waals surface area (Å²) in [4.78, 5) is 24.1. The van der Waals surface area contributed by atoms with E-state index in [-0.39, 0.29) is 0 Å². The molecule has 0 bridgehead atoms. The van der Waals surface area contributed by atoms with Crippen molar-refractivity contribution >= 4 is 22.2 Å². The van der Waals surface area contributed by atoms with E-state index in [1.165, 1.54) is 0 Å². The number of hydrogen-bond donors (Lipinski definition) is 3. The van der Waals surface area contributed by atoms with Crippen molar-refractivity contribution in [2.24, 2.45) is 0 Å². The standard InChI is InChI=1S/C28H27N9/c1-17(16-37(2)3)32-19-11-18(13-29-14-19)24-12-21-25(15-31-24)35-36-27(21)28-33-23-9-6-7-20(26(23)34-28)22-8-4-5-10-30-22/h4-5,7-8,10-15,32H,1,6,9,16H2,2-3H3,(H,33,34)(H,35,36). The minimum absolute atomic E-state index is 0.727. The van der Waals surface area contributed by atoms with Crippen LogP contribution in [0.4, 0.5) is 5.69 Å². The maximum atomic E-state index is 4.97. The van der Waals surface area contributed by atoms with Gasteiger partial charge in [0.15, 0.2) is 5.82 Å². The zero-order valence-corrected chi connectivity index (χ0v) is 20.8. The minimum Gasteiger partial charge on any atom is -0.357 e. The molecule has 1 aliphatic carbocycles. The SMILES string of the molecule is C=C(CN(C)C)Nc1cncc(-c2cc3c(-c4nc5c([nH]4)CCC=C5c4ccccn4)n[nH]c3cn2)c1. The van der Waals surface area contributed by atoms with Gasteiger partial charge in [-0.1, -0.05) is 18.7 Å². The van der Waals surface area contributed by atoms with Gasteiger partial charge in [0.25, 0.3) is 0 Å². The van der Waals surface area contributed by atoms with Gasteiger partial charge in [0.05, 0.1) is 40.7 Å². The Hall–Kier alpha value is -4.63. The number of rotatable bonds is 7. The Kier molecular flexibility index (Phi) is 5.82. The fraction of sp³-hybridized carbons (Fsp3) is 0.179. The number of nitrogens with zero attached hydrogens (tertiary/aromatic N) is 6. The van der Waals surface area contributed by atoms with Gasteiger partial charge in [-0.15, -0.1) is 0 Å². The van der Waals surface area contributed by atoms with Gasteiger partial charge in [-0.2, -0.15) is 5.10 Å². The lowest BCUT2D eigenvalue weighted by Gasteiger charge is -2.14. The summed E-state index contributed by atoms with van der Waals surface area (Å²) >= 11 is 0. The summed E-state index contributed by atoms with van der Waals surface area (Å²) in [5.41, 5.74) is 9.08. The van der Waals surface area contributed by atoms with Crippen molar-refractivity contribution in [1.29, 1.82) is 0 Å². The third-order valence-corrected chi connectivity index (χ3v) is 6.25. The molecule has 5 aromatic rings. The molecule has 0 saturated carbocycles. The summed E-state index contributed by atoms with van der Waals surface area (Å²) in [5, 5.41) is 12.0. The molecule has 0 saturated heterocycles. The van der Waals surface area contributed by atoms with Gasteiger partial charge in [-0.3, -0.25) is 20.1 Å². The molecule has 0 aromatic carbocycles. The van der Waals surface area contributed by atoms with E-state index in [1.807, 2.05) is 56.8 Å². The maximum absolute atomic E-state index is 4.97. The van der Waals surface area contributed by atoms with E-state index in [4.69, 9.17) is 4.98 Å². The molecule has 9 nitrogen and oxygen atoms in total. The molecule has 3 N–H and O–H groups in total. The summed E-state index contributed by atoms with van der Waals surface area (Å²) in [6.45, 7) is 4.83. The van der Waals surface area contributed by atoms with Crippen molar-refractivity contribution in [3.8, 4) is 22.8 Å². The monoisotopic (exact) mass is 489 g/mol. The highest BCUT2D eigenvalue weighted by Crippen LogP contribution is 2.34. The molecule has 184 valence electrons. The second kappa shape index (κ2) is 9.44. The minimum atomic E-state index is 0.727. The van der Waals surface area contributed by atoms with Crippen LogP contribution in [0.2, 0.25) is 0 Å². The molecule has 6 rings (SSSR count). The molecule has 0 unspecified atom stereocenters. The summed E-state index contributed by atoms with van der Waals surface area (Å²) in [6, 6.07) is 9.99. The fourth-order valence-electron chi connectivity index (χ4n) is 4.66. The predicted molar refractivity (Wildman–Crippen MR) is 146 cm³/mol. The molecule has 0 atom stereocenters. The van der Waals surface area contributed by atoms with E-state index in [2.05, 4.69) is 53.0 Å². The largest absolute Gasteiger partial charge is 0.357 e. The Morgan fingerprint density at radius 1 is 1.08 bits per heavy atom. The topological polar surface area (TPSA) is 111 Å². The van der Waals surface area contributed by atoms with E-state index in [0.29, 0.717) is 0 Å². The van der Waals surface area contributed by atoms with Crippen molar-refractivity contribution < 1.29 is 0 Å². The van der Waals surface area contributed by atoms with Crippen LogP contribution in [0.1, 0.15) is 23.5 Å². The maximum Gasteiger partial charge on any atom is 0.159 e. The van der Waals surface area contributed by atoms with Crippen LogP contribution < -0.4 is 5.32 Å². The molecular weight excluding hydrogens is 462 g/mol. The lowest BCUT2D eigenvalue weighted by atomic mass is 9.97. The van der Waals surface area contributed by atoms with Crippen molar-refractivity contribution in [3.05, 3.63) is 90.6 Å². The van der Waals surface area contributed by atoms with Gasteiger partial charge in [0, 0.05) is 46.9 Å². The number of allylic oxidation sites excluding steroid dienone is 1. The van der Waals surface area contributed by atoms with Crippen LogP contribution in [-0.2, 0) is 6.42 Å². The van der Waals surface area contributed by atoms with Gasteiger partial charge >= 0.3 is 0 Å². The second-order valence-electron chi connectivity index (χ2n) is 9.40. The molecule has 5 heterocycles. The van der Waals surface area contributed by atoms with Crippen LogP contribution >= 0.6 is 0 Å². The van der Waals surface area contributed by atoms with Crippen LogP contribution in [0.15, 0.2) is 73.5 Å². The molecule has 0 spiro atoms. The van der Waals surface area contributed by atoms with Gasteiger partial charge < -0.3 is 15.2 Å². The third-order valence-electron chi connectivity index (χ3n) is 6.25. The third kappa shape index (κ3) is 4.52. The zero-order chi connectivity index (χ0) is 25.4. The number of anilines is 1. The Morgan fingerprint density at radius 3 is 2.84 bits per heavy atom. The number of fused-ring (bicyclic) bond motifs is 2. The van der Waals surface area contributed by atoms with E-state index >= 15 is 0 Å². The van der Waals surface area contributed by atoms with E-state index in [9.17, 15) is 0 Å². The van der Waals surface area contributed by atoms with E-state index < -0.39 is 0 Å². The number of aromatic nitrogens is 7. The van der Waals surface area contributed by atoms with Crippen LogP contribution in [0.25, 0.3) is 39.3 Å². The summed E-state index contributed by atoms with van der Waals surface area (Å²) in [6.07, 6.45) is 11.3. The molecule has 0 aliphatic heterocycles. The number of imidazole rings is 1. The predicted octanol–water partition coefficient (Wildman–Crippen LogP) is 4.67. The average molecular weight is 490 g/mol. The van der Waals surface area contributed by atoms with Crippen molar-refractivity contribution in [2.45, 2.75) is 12.8 Å². The van der Waals surface area contributed by atoms with Crippen LogP contribution in [0.3, 0.4) is 0 Å². The highest BCUT2D eigenvalue weighted by atomic mass is 15.1. The Morgan fingerprint density at radius 2 is 2.00 bits per heavy atom. The first kappa shape index (κ1) is 22.8. The van der Waals surface area contributed by atoms with Gasteiger partial charge in [-0.05, 0) is 51.2 Å². The molecule has 1 aliphatic rings. The molecule has 0 radical (unpaired) electrons. The highest BCUT2D eigenvalue weighted by molar-refractivity contribution is 5.93. The number of pyridine rings is 3. The molecule has 9 heteroatoms. The molecule has 5 aromatic heterocycles. The lowest BCUT2D eigenvalue weighted by molar-refractivity contribution is 0.447. The molecular formula is C28H27N9. The normalized spacial score (nSPS) is 13.0. The first-order valence-electron chi connectivity index (χ1n) is 12.2.